The molecule has 1 aliphatic rings. The highest BCUT2D eigenvalue weighted by atomic mass is 28.3. The third-order valence-electron chi connectivity index (χ3n) is 16.1. The van der Waals surface area contributed by atoms with E-state index in [4.69, 9.17) is 9.97 Å². The first-order valence-corrected chi connectivity index (χ1v) is 28.1. The molecular weight excluding hydrogens is 939 g/mol. The van der Waals surface area contributed by atoms with Crippen molar-refractivity contribution in [3.63, 3.8) is 0 Å². The van der Waals surface area contributed by atoms with Crippen molar-refractivity contribution in [1.29, 1.82) is 0 Å². The monoisotopic (exact) mass is 983 g/mol. The van der Waals surface area contributed by atoms with E-state index < -0.39 is 8.07 Å². The summed E-state index contributed by atoms with van der Waals surface area (Å²) in [6, 6.07) is 100. The van der Waals surface area contributed by atoms with Crippen molar-refractivity contribution in [2.24, 2.45) is 0 Å². The molecule has 15 aromatic rings. The van der Waals surface area contributed by atoms with E-state index in [0.717, 1.165) is 55.8 Å². The molecular formula is C70H45N5Si. The van der Waals surface area contributed by atoms with Gasteiger partial charge in [0.1, 0.15) is 11.6 Å². The van der Waals surface area contributed by atoms with Crippen LogP contribution >= 0.6 is 0 Å². The lowest BCUT2D eigenvalue weighted by Gasteiger charge is -2.44. The minimum absolute atomic E-state index is 0.904. The van der Waals surface area contributed by atoms with Gasteiger partial charge in [0, 0.05) is 49.4 Å². The molecule has 0 unspecified atom stereocenters. The summed E-state index contributed by atoms with van der Waals surface area (Å²) in [6.45, 7) is 0. The Morgan fingerprint density at radius 2 is 0.855 bits per heavy atom. The topological polar surface area (TPSA) is 38.9 Å². The Balaban J connectivity index is 0.877. The number of para-hydroxylation sites is 5. The molecule has 6 heteroatoms. The van der Waals surface area contributed by atoms with Gasteiger partial charge in [-0.05, 0) is 134 Å². The largest absolute Gasteiger partial charge is 0.309 e. The molecule has 0 fully saturated rings. The van der Waals surface area contributed by atoms with Crippen molar-refractivity contribution in [2.75, 3.05) is 4.90 Å². The Kier molecular flexibility index (Phi) is 9.29. The van der Waals surface area contributed by atoms with Crippen molar-refractivity contribution in [1.82, 2.24) is 19.1 Å². The first-order chi connectivity index (χ1) is 37.7. The number of aromatic nitrogens is 4. The molecule has 0 bridgehead atoms. The lowest BCUT2D eigenvalue weighted by Crippen LogP contribution is -2.77. The van der Waals surface area contributed by atoms with Crippen LogP contribution in [-0.4, -0.2) is 27.2 Å². The van der Waals surface area contributed by atoms with Crippen LogP contribution in [0.3, 0.4) is 0 Å². The average molecular weight is 984 g/mol. The number of hydrogen-bond acceptors (Lipinski definition) is 3. The summed E-state index contributed by atoms with van der Waals surface area (Å²) in [6.07, 6.45) is 0. The molecule has 0 amide bonds. The highest BCUT2D eigenvalue weighted by Crippen LogP contribution is 2.42. The Morgan fingerprint density at radius 3 is 1.62 bits per heavy atom. The zero-order valence-corrected chi connectivity index (χ0v) is 42.2. The Hall–Kier alpha value is -9.88. The van der Waals surface area contributed by atoms with Crippen LogP contribution in [0.15, 0.2) is 273 Å². The summed E-state index contributed by atoms with van der Waals surface area (Å²) < 4.78 is 4.77. The second kappa shape index (κ2) is 16.6. The van der Waals surface area contributed by atoms with Crippen molar-refractivity contribution in [3.05, 3.63) is 273 Å². The highest BCUT2D eigenvalue weighted by Gasteiger charge is 2.49. The standard InChI is InChI=1S/C70H45N5Si/c1-3-19-52(20-4-1)76(53-21-5-2-6-22-53)66-30-16-15-29-63(66)75(69-42-35-47-18-8-12-26-59(47)72-69)64-39-32-49(45-67(64)76)48-31-38-62-57(44-48)55-23-9-13-27-60(55)73(62)51-36-37-54-50(43-51)33-40-65-70(54)56-24-10-14-28-61(56)74(65)68-41-34-46-17-7-11-25-58(46)71-68/h1-45H. The Bertz CT molecular complexity index is 4810. The van der Waals surface area contributed by atoms with Gasteiger partial charge in [-0.1, -0.05) is 182 Å². The zero-order chi connectivity index (χ0) is 49.9. The van der Waals surface area contributed by atoms with Gasteiger partial charge in [-0.3, -0.25) is 9.47 Å². The summed E-state index contributed by atoms with van der Waals surface area (Å²) in [4.78, 5) is 12.9. The minimum Gasteiger partial charge on any atom is -0.309 e. The van der Waals surface area contributed by atoms with Gasteiger partial charge in [-0.2, -0.15) is 0 Å². The van der Waals surface area contributed by atoms with Gasteiger partial charge >= 0.3 is 0 Å². The van der Waals surface area contributed by atoms with E-state index in [-0.39, 0.29) is 0 Å². The zero-order valence-electron chi connectivity index (χ0n) is 41.2. The van der Waals surface area contributed by atoms with Gasteiger partial charge in [0.05, 0.1) is 33.1 Å². The maximum absolute atomic E-state index is 5.36. The maximum atomic E-state index is 5.36. The molecule has 11 aromatic carbocycles. The molecule has 0 atom stereocenters. The van der Waals surface area contributed by atoms with Gasteiger partial charge in [-0.15, -0.1) is 0 Å². The maximum Gasteiger partial charge on any atom is 0.184 e. The van der Waals surface area contributed by atoms with Crippen LogP contribution in [0.1, 0.15) is 0 Å². The van der Waals surface area contributed by atoms with Crippen LogP contribution in [0.25, 0.3) is 98.8 Å². The highest BCUT2D eigenvalue weighted by molar-refractivity contribution is 7.21. The molecule has 0 radical (unpaired) electrons. The number of rotatable bonds is 6. The van der Waals surface area contributed by atoms with Crippen LogP contribution < -0.4 is 25.6 Å². The van der Waals surface area contributed by atoms with E-state index in [2.05, 4.69) is 287 Å². The van der Waals surface area contributed by atoms with Crippen LogP contribution in [-0.2, 0) is 0 Å². The first-order valence-electron chi connectivity index (χ1n) is 26.1. The fraction of sp³-hybridized carbons (Fsp3) is 0. The molecule has 0 saturated heterocycles. The molecule has 0 spiro atoms. The van der Waals surface area contributed by atoms with Gasteiger partial charge in [-0.25, -0.2) is 9.97 Å². The molecule has 0 aliphatic carbocycles. The van der Waals surface area contributed by atoms with Crippen molar-refractivity contribution in [2.45, 2.75) is 0 Å². The van der Waals surface area contributed by atoms with Gasteiger partial charge in [0.15, 0.2) is 8.07 Å². The summed E-state index contributed by atoms with van der Waals surface area (Å²) in [7, 11) is -2.97. The number of pyridine rings is 2. The molecule has 354 valence electrons. The number of fused-ring (bicyclic) bond motifs is 12. The number of benzene rings is 11. The van der Waals surface area contributed by atoms with Crippen molar-refractivity contribution < 1.29 is 0 Å². The fourth-order valence-electron chi connectivity index (χ4n) is 12.8. The van der Waals surface area contributed by atoms with E-state index >= 15 is 0 Å². The lowest BCUT2D eigenvalue weighted by molar-refractivity contribution is 1.10. The van der Waals surface area contributed by atoms with Gasteiger partial charge < -0.3 is 4.57 Å². The average Bonchev–Trinajstić information content (AvgIpc) is 4.12. The van der Waals surface area contributed by atoms with Gasteiger partial charge in [0.25, 0.3) is 0 Å². The molecule has 0 saturated carbocycles. The Labute approximate surface area is 439 Å². The second-order valence-corrected chi connectivity index (χ2v) is 23.8. The second-order valence-electron chi connectivity index (χ2n) is 20.1. The quantitative estimate of drug-likeness (QED) is 0.156. The Morgan fingerprint density at radius 1 is 0.303 bits per heavy atom. The summed E-state index contributed by atoms with van der Waals surface area (Å²) >= 11 is 0. The summed E-state index contributed by atoms with van der Waals surface area (Å²) in [5, 5.41) is 14.9. The number of anilines is 3. The normalized spacial score (nSPS) is 13.1. The SMILES string of the molecule is c1ccc([Si]2(c3ccccc3)c3ccccc3N(c3ccc4ccccc4n3)c3ccc(-c4ccc5c(c4)c4ccccc4n5-c4ccc5c(ccc6c5c5ccccc5n6-c5ccc6ccccc6n5)c4)cc32)cc1. The molecule has 76 heavy (non-hydrogen) atoms. The number of nitrogens with zero attached hydrogens (tertiary/aromatic N) is 5. The summed E-state index contributed by atoms with van der Waals surface area (Å²) in [5.41, 5.74) is 12.4. The third-order valence-corrected chi connectivity index (χ3v) is 21.0. The van der Waals surface area contributed by atoms with E-state index in [9.17, 15) is 0 Å². The predicted molar refractivity (Wildman–Crippen MR) is 321 cm³/mol. The molecule has 16 rings (SSSR count). The molecule has 1 aliphatic heterocycles. The molecule has 0 N–H and O–H groups in total. The fourth-order valence-corrected chi connectivity index (χ4v) is 18.0. The van der Waals surface area contributed by atoms with E-state index in [1.165, 1.54) is 80.9 Å². The van der Waals surface area contributed by atoms with E-state index in [1.54, 1.807) is 0 Å². The number of hydrogen-bond donors (Lipinski definition) is 0. The third kappa shape index (κ3) is 6.19. The molecule has 5 nitrogen and oxygen atoms in total. The first kappa shape index (κ1) is 42.6. The van der Waals surface area contributed by atoms with E-state index in [0.29, 0.717) is 0 Å². The minimum atomic E-state index is -2.97. The van der Waals surface area contributed by atoms with Crippen molar-refractivity contribution in [3.8, 4) is 22.6 Å². The van der Waals surface area contributed by atoms with Crippen LogP contribution in [0, 0.1) is 0 Å². The summed E-state index contributed by atoms with van der Waals surface area (Å²) in [5.74, 6) is 1.82. The van der Waals surface area contributed by atoms with Crippen LogP contribution in [0.2, 0.25) is 0 Å². The smallest absolute Gasteiger partial charge is 0.184 e. The van der Waals surface area contributed by atoms with Crippen LogP contribution in [0.4, 0.5) is 17.2 Å². The van der Waals surface area contributed by atoms with Crippen molar-refractivity contribution >= 4 is 122 Å². The molecule has 5 heterocycles. The predicted octanol–water partition coefficient (Wildman–Crippen LogP) is 15.0. The molecule has 4 aromatic heterocycles. The van der Waals surface area contributed by atoms with E-state index in [1.807, 2.05) is 0 Å². The van der Waals surface area contributed by atoms with Crippen LogP contribution in [0.5, 0.6) is 0 Å². The van der Waals surface area contributed by atoms with Gasteiger partial charge in [0.2, 0.25) is 0 Å². The lowest BCUT2D eigenvalue weighted by atomic mass is 10.0.